The molecule has 3 rings (SSSR count). The lowest BCUT2D eigenvalue weighted by Gasteiger charge is -2.34. The van der Waals surface area contributed by atoms with Crippen LogP contribution in [0.4, 0.5) is 0 Å². The van der Waals surface area contributed by atoms with Crippen LogP contribution in [0.2, 0.25) is 0 Å². The average molecular weight is 305 g/mol. The van der Waals surface area contributed by atoms with Crippen molar-refractivity contribution in [1.29, 1.82) is 0 Å². The molecule has 0 amide bonds. The SMILES string of the molecule is Cc1ccccc1OC[C@]1(O)COCCN(C2CCCC2)C1. The number of aryl methyl sites for hydroxylation is 1. The topological polar surface area (TPSA) is 41.9 Å². The quantitative estimate of drug-likeness (QED) is 0.927. The molecule has 1 heterocycles. The van der Waals surface area contributed by atoms with Gasteiger partial charge in [0, 0.05) is 19.1 Å². The van der Waals surface area contributed by atoms with E-state index in [2.05, 4.69) is 4.90 Å². The number of benzene rings is 1. The van der Waals surface area contributed by atoms with Crippen molar-refractivity contribution in [2.45, 2.75) is 44.2 Å². The van der Waals surface area contributed by atoms with Gasteiger partial charge in [0.15, 0.2) is 0 Å². The molecule has 0 spiro atoms. The molecule has 0 radical (unpaired) electrons. The number of hydrogen-bond donors (Lipinski definition) is 1. The Morgan fingerprint density at radius 3 is 2.86 bits per heavy atom. The number of ether oxygens (including phenoxy) is 2. The zero-order valence-corrected chi connectivity index (χ0v) is 13.5. The van der Waals surface area contributed by atoms with Gasteiger partial charge in [0.05, 0.1) is 13.2 Å². The second kappa shape index (κ2) is 6.99. The first-order valence-corrected chi connectivity index (χ1v) is 8.39. The predicted octanol–water partition coefficient (Wildman–Crippen LogP) is 2.38. The standard InChI is InChI=1S/C18H27NO3/c1-15-6-2-5-9-17(15)22-14-18(20)12-19(10-11-21-13-18)16-7-3-4-8-16/h2,5-6,9,16,20H,3-4,7-8,10-14H2,1H3/t18-/m1/s1. The van der Waals surface area contributed by atoms with Crippen molar-refractivity contribution in [3.05, 3.63) is 29.8 Å². The van der Waals surface area contributed by atoms with Gasteiger partial charge in [-0.05, 0) is 31.4 Å². The van der Waals surface area contributed by atoms with E-state index in [1.54, 1.807) is 0 Å². The van der Waals surface area contributed by atoms with Crippen LogP contribution in [0.3, 0.4) is 0 Å². The lowest BCUT2D eigenvalue weighted by Crippen LogP contribution is -2.51. The summed E-state index contributed by atoms with van der Waals surface area (Å²) in [6.07, 6.45) is 5.10. The number of rotatable bonds is 4. The fraction of sp³-hybridized carbons (Fsp3) is 0.667. The largest absolute Gasteiger partial charge is 0.490 e. The van der Waals surface area contributed by atoms with Crippen LogP contribution in [-0.4, -0.2) is 54.6 Å². The second-order valence-corrected chi connectivity index (χ2v) is 6.74. The molecular weight excluding hydrogens is 278 g/mol. The summed E-state index contributed by atoms with van der Waals surface area (Å²) in [5.41, 5.74) is 0.162. The molecule has 1 aliphatic carbocycles. The van der Waals surface area contributed by atoms with Gasteiger partial charge in [-0.2, -0.15) is 0 Å². The highest BCUT2D eigenvalue weighted by Gasteiger charge is 2.36. The van der Waals surface area contributed by atoms with Crippen molar-refractivity contribution < 1.29 is 14.6 Å². The molecule has 0 bridgehead atoms. The maximum Gasteiger partial charge on any atom is 0.134 e. The van der Waals surface area contributed by atoms with Gasteiger partial charge in [0.25, 0.3) is 0 Å². The fourth-order valence-corrected chi connectivity index (χ4v) is 3.55. The maximum atomic E-state index is 10.9. The predicted molar refractivity (Wildman–Crippen MR) is 86.3 cm³/mol. The van der Waals surface area contributed by atoms with Crippen LogP contribution in [0.1, 0.15) is 31.2 Å². The molecule has 4 heteroatoms. The van der Waals surface area contributed by atoms with Crippen LogP contribution in [0.5, 0.6) is 5.75 Å². The molecule has 1 aliphatic heterocycles. The van der Waals surface area contributed by atoms with Crippen molar-refractivity contribution in [2.24, 2.45) is 0 Å². The van der Waals surface area contributed by atoms with Gasteiger partial charge in [-0.25, -0.2) is 0 Å². The number of para-hydroxylation sites is 1. The molecule has 1 N–H and O–H groups in total. The molecule has 2 fully saturated rings. The molecule has 0 unspecified atom stereocenters. The van der Waals surface area contributed by atoms with Crippen LogP contribution < -0.4 is 4.74 Å². The van der Waals surface area contributed by atoms with Crippen molar-refractivity contribution in [3.8, 4) is 5.75 Å². The van der Waals surface area contributed by atoms with Gasteiger partial charge in [0.2, 0.25) is 0 Å². The Morgan fingerprint density at radius 2 is 2.09 bits per heavy atom. The van der Waals surface area contributed by atoms with E-state index in [-0.39, 0.29) is 6.61 Å². The first-order valence-electron chi connectivity index (χ1n) is 8.39. The Balaban J connectivity index is 1.63. The number of hydrogen-bond acceptors (Lipinski definition) is 4. The van der Waals surface area contributed by atoms with Crippen LogP contribution >= 0.6 is 0 Å². The molecule has 4 nitrogen and oxygen atoms in total. The summed E-state index contributed by atoms with van der Waals surface area (Å²) >= 11 is 0. The van der Waals surface area contributed by atoms with Crippen molar-refractivity contribution >= 4 is 0 Å². The van der Waals surface area contributed by atoms with E-state index in [1.165, 1.54) is 25.7 Å². The Labute approximate surface area is 133 Å². The molecule has 1 aromatic rings. The van der Waals surface area contributed by atoms with E-state index in [4.69, 9.17) is 9.47 Å². The molecule has 22 heavy (non-hydrogen) atoms. The summed E-state index contributed by atoms with van der Waals surface area (Å²) in [7, 11) is 0. The lowest BCUT2D eigenvalue weighted by atomic mass is 10.0. The highest BCUT2D eigenvalue weighted by molar-refractivity contribution is 5.31. The first kappa shape index (κ1) is 15.8. The Bertz CT molecular complexity index is 487. The fourth-order valence-electron chi connectivity index (χ4n) is 3.55. The molecule has 1 saturated carbocycles. The lowest BCUT2D eigenvalue weighted by molar-refractivity contribution is -0.0670. The van der Waals surface area contributed by atoms with E-state index >= 15 is 0 Å². The Hall–Kier alpha value is -1.10. The monoisotopic (exact) mass is 305 g/mol. The van der Waals surface area contributed by atoms with E-state index in [0.717, 1.165) is 17.9 Å². The van der Waals surface area contributed by atoms with Gasteiger partial charge in [-0.1, -0.05) is 31.0 Å². The summed E-state index contributed by atoms with van der Waals surface area (Å²) in [4.78, 5) is 2.40. The van der Waals surface area contributed by atoms with Gasteiger partial charge < -0.3 is 14.6 Å². The van der Waals surface area contributed by atoms with Gasteiger partial charge in [-0.15, -0.1) is 0 Å². The maximum absolute atomic E-state index is 10.9. The zero-order chi connectivity index (χ0) is 15.4. The molecule has 1 aromatic carbocycles. The zero-order valence-electron chi connectivity index (χ0n) is 13.5. The summed E-state index contributed by atoms with van der Waals surface area (Å²) in [5, 5.41) is 10.9. The molecule has 0 aromatic heterocycles. The van der Waals surface area contributed by atoms with E-state index in [9.17, 15) is 5.11 Å². The van der Waals surface area contributed by atoms with E-state index in [0.29, 0.717) is 25.8 Å². The number of β-amino-alcohol motifs (C(OH)–C–C–N with tert-alkyl or cyclic N) is 1. The molecular formula is C18H27NO3. The third-order valence-electron chi connectivity index (χ3n) is 4.82. The van der Waals surface area contributed by atoms with E-state index in [1.807, 2.05) is 31.2 Å². The highest BCUT2D eigenvalue weighted by Crippen LogP contribution is 2.27. The average Bonchev–Trinajstić information content (AvgIpc) is 2.97. The minimum Gasteiger partial charge on any atom is -0.490 e. The van der Waals surface area contributed by atoms with Crippen LogP contribution in [0.15, 0.2) is 24.3 Å². The minimum atomic E-state index is -0.929. The third-order valence-corrected chi connectivity index (χ3v) is 4.82. The van der Waals surface area contributed by atoms with Gasteiger partial charge in [0.1, 0.15) is 18.0 Å². The van der Waals surface area contributed by atoms with Crippen LogP contribution in [-0.2, 0) is 4.74 Å². The summed E-state index contributed by atoms with van der Waals surface area (Å²) < 4.78 is 11.5. The summed E-state index contributed by atoms with van der Waals surface area (Å²) in [6, 6.07) is 8.53. The van der Waals surface area contributed by atoms with Gasteiger partial charge in [-0.3, -0.25) is 4.90 Å². The smallest absolute Gasteiger partial charge is 0.134 e. The minimum absolute atomic E-state index is 0.279. The highest BCUT2D eigenvalue weighted by atomic mass is 16.5. The normalized spacial score (nSPS) is 27.7. The van der Waals surface area contributed by atoms with Crippen molar-refractivity contribution in [1.82, 2.24) is 4.90 Å². The molecule has 1 atom stereocenters. The Kier molecular flexibility index (Phi) is 5.01. The summed E-state index contributed by atoms with van der Waals surface area (Å²) in [6.45, 7) is 4.90. The van der Waals surface area contributed by atoms with Crippen molar-refractivity contribution in [2.75, 3.05) is 32.9 Å². The summed E-state index contributed by atoms with van der Waals surface area (Å²) in [5.74, 6) is 0.840. The second-order valence-electron chi connectivity index (χ2n) is 6.74. The van der Waals surface area contributed by atoms with Gasteiger partial charge >= 0.3 is 0 Å². The number of nitrogens with zero attached hydrogens (tertiary/aromatic N) is 1. The van der Waals surface area contributed by atoms with Crippen LogP contribution in [0.25, 0.3) is 0 Å². The number of aliphatic hydroxyl groups is 1. The third kappa shape index (κ3) is 3.80. The first-order chi connectivity index (χ1) is 10.7. The molecule has 1 saturated heterocycles. The molecule has 2 aliphatic rings. The van der Waals surface area contributed by atoms with E-state index < -0.39 is 5.60 Å². The van der Waals surface area contributed by atoms with Crippen LogP contribution in [0, 0.1) is 6.92 Å². The molecule has 122 valence electrons. The Morgan fingerprint density at radius 1 is 1.32 bits per heavy atom. The van der Waals surface area contributed by atoms with Crippen molar-refractivity contribution in [3.63, 3.8) is 0 Å².